The molecule has 0 radical (unpaired) electrons. The van der Waals surface area contributed by atoms with Crippen LogP contribution in [0.1, 0.15) is 39.2 Å². The Hall–Kier alpha value is -2.22. The topological polar surface area (TPSA) is 84.2 Å². The summed E-state index contributed by atoms with van der Waals surface area (Å²) in [6, 6.07) is 7.10. The van der Waals surface area contributed by atoms with Crippen LogP contribution in [-0.2, 0) is 17.6 Å². The molecule has 0 aliphatic heterocycles. The lowest BCUT2D eigenvalue weighted by molar-refractivity contribution is -0.115. The van der Waals surface area contributed by atoms with Crippen molar-refractivity contribution in [3.05, 3.63) is 56.9 Å². The normalized spacial score (nSPS) is 13.2. The van der Waals surface area contributed by atoms with E-state index in [1.54, 1.807) is 30.3 Å². The number of hydrogen-bond donors (Lipinski definition) is 3. The second kappa shape index (κ2) is 8.65. The number of rotatable bonds is 4. The van der Waals surface area contributed by atoms with Gasteiger partial charge in [-0.1, -0.05) is 23.7 Å². The molecule has 8 heteroatoms. The highest BCUT2D eigenvalue weighted by atomic mass is 35.5. The Balaban J connectivity index is 1.65. The third-order valence-electron chi connectivity index (χ3n) is 4.18. The van der Waals surface area contributed by atoms with Crippen LogP contribution in [0.4, 0.5) is 5.00 Å². The van der Waals surface area contributed by atoms with Gasteiger partial charge in [0.1, 0.15) is 5.00 Å². The van der Waals surface area contributed by atoms with E-state index in [-0.39, 0.29) is 11.0 Å². The van der Waals surface area contributed by atoms with Crippen molar-refractivity contribution in [2.24, 2.45) is 5.73 Å². The summed E-state index contributed by atoms with van der Waals surface area (Å²) in [6.45, 7) is 0. The lowest BCUT2D eigenvalue weighted by Crippen LogP contribution is -2.33. The third-order valence-corrected chi connectivity index (χ3v) is 5.84. The van der Waals surface area contributed by atoms with Crippen LogP contribution in [0, 0.1) is 0 Å². The number of thiocarbonyl (C=S) groups is 1. The molecule has 4 N–H and O–H groups in total. The number of halogens is 1. The zero-order valence-electron chi connectivity index (χ0n) is 14.4. The van der Waals surface area contributed by atoms with Crippen LogP contribution >= 0.6 is 35.2 Å². The molecule has 1 aromatic heterocycles. The van der Waals surface area contributed by atoms with Crippen LogP contribution in [-0.4, -0.2) is 16.9 Å². The van der Waals surface area contributed by atoms with Crippen molar-refractivity contribution in [3.63, 3.8) is 0 Å². The maximum atomic E-state index is 12.1. The fourth-order valence-corrected chi connectivity index (χ4v) is 4.64. The van der Waals surface area contributed by atoms with Crippen molar-refractivity contribution in [1.82, 2.24) is 5.32 Å². The number of nitrogens with two attached hydrogens (primary N) is 1. The zero-order valence-corrected chi connectivity index (χ0v) is 16.8. The fraction of sp³-hybridized carbons (Fsp3) is 0.211. The Kier molecular flexibility index (Phi) is 6.26. The Morgan fingerprint density at radius 3 is 2.59 bits per heavy atom. The minimum absolute atomic E-state index is 0.127. The van der Waals surface area contributed by atoms with Crippen molar-refractivity contribution in [1.29, 1.82) is 0 Å². The zero-order chi connectivity index (χ0) is 19.4. The van der Waals surface area contributed by atoms with Crippen LogP contribution in [0.5, 0.6) is 0 Å². The van der Waals surface area contributed by atoms with Gasteiger partial charge in [0.25, 0.3) is 5.91 Å². The van der Waals surface area contributed by atoms with Crippen LogP contribution < -0.4 is 16.4 Å². The summed E-state index contributed by atoms with van der Waals surface area (Å²) in [5.41, 5.74) is 7.90. The first kappa shape index (κ1) is 19.5. The molecule has 0 saturated carbocycles. The van der Waals surface area contributed by atoms with Crippen LogP contribution in [0.2, 0.25) is 5.02 Å². The van der Waals surface area contributed by atoms with Gasteiger partial charge in [-0.15, -0.1) is 11.3 Å². The van der Waals surface area contributed by atoms with Gasteiger partial charge in [-0.3, -0.25) is 14.9 Å². The van der Waals surface area contributed by atoms with Gasteiger partial charge in [0.05, 0.1) is 5.56 Å². The number of fused-ring (bicyclic) bond motifs is 1. The van der Waals surface area contributed by atoms with Gasteiger partial charge in [0, 0.05) is 16.0 Å². The summed E-state index contributed by atoms with van der Waals surface area (Å²) >= 11 is 12.5. The van der Waals surface area contributed by atoms with Crippen molar-refractivity contribution in [2.75, 3.05) is 5.32 Å². The molecule has 0 atom stereocenters. The largest absolute Gasteiger partial charge is 0.365 e. The summed E-state index contributed by atoms with van der Waals surface area (Å²) in [6.07, 6.45) is 6.96. The number of hydrogen-bond acceptors (Lipinski definition) is 4. The summed E-state index contributed by atoms with van der Waals surface area (Å²) < 4.78 is 0. The van der Waals surface area contributed by atoms with Gasteiger partial charge < -0.3 is 11.1 Å². The average Bonchev–Trinajstić information content (AvgIpc) is 2.99. The molecule has 1 heterocycles. The molecular formula is C19H18ClN3O2S2. The van der Waals surface area contributed by atoms with E-state index >= 15 is 0 Å². The number of nitrogens with one attached hydrogen (secondary N) is 2. The number of carbonyl (C=O) groups is 2. The molecule has 0 fully saturated rings. The van der Waals surface area contributed by atoms with Gasteiger partial charge >= 0.3 is 0 Å². The maximum absolute atomic E-state index is 12.1. The van der Waals surface area contributed by atoms with Gasteiger partial charge in [-0.05, 0) is 67.2 Å². The lowest BCUT2D eigenvalue weighted by atomic mass is 9.95. The molecule has 2 amide bonds. The predicted molar refractivity (Wildman–Crippen MR) is 114 cm³/mol. The van der Waals surface area contributed by atoms with Gasteiger partial charge in [0.2, 0.25) is 5.91 Å². The van der Waals surface area contributed by atoms with Crippen molar-refractivity contribution in [3.8, 4) is 0 Å². The fourth-order valence-electron chi connectivity index (χ4n) is 2.95. The first-order chi connectivity index (χ1) is 12.9. The molecule has 0 bridgehead atoms. The predicted octanol–water partition coefficient (Wildman–Crippen LogP) is 3.91. The molecular weight excluding hydrogens is 402 g/mol. The molecule has 0 spiro atoms. The Morgan fingerprint density at radius 2 is 1.89 bits per heavy atom. The van der Waals surface area contributed by atoms with E-state index in [4.69, 9.17) is 29.6 Å². The first-order valence-corrected chi connectivity index (χ1v) is 10.0. The second-order valence-corrected chi connectivity index (χ2v) is 8.06. The summed E-state index contributed by atoms with van der Waals surface area (Å²) in [5.74, 6) is -0.849. The summed E-state index contributed by atoms with van der Waals surface area (Å²) in [5, 5.41) is 6.89. The molecule has 1 aliphatic rings. The van der Waals surface area contributed by atoms with Crippen molar-refractivity contribution in [2.45, 2.75) is 25.7 Å². The highest BCUT2D eigenvalue weighted by Gasteiger charge is 2.24. The molecule has 1 aromatic carbocycles. The van der Waals surface area contributed by atoms with Crippen LogP contribution in [0.3, 0.4) is 0 Å². The Bertz CT molecular complexity index is 920. The Morgan fingerprint density at radius 1 is 1.19 bits per heavy atom. The number of amides is 2. The summed E-state index contributed by atoms with van der Waals surface area (Å²) in [7, 11) is 0. The number of aryl methyl sites for hydroxylation is 1. The van der Waals surface area contributed by atoms with Gasteiger partial charge in [-0.25, -0.2) is 0 Å². The Labute approximate surface area is 171 Å². The van der Waals surface area contributed by atoms with Crippen molar-refractivity contribution < 1.29 is 9.59 Å². The molecule has 27 heavy (non-hydrogen) atoms. The quantitative estimate of drug-likeness (QED) is 0.518. The second-order valence-electron chi connectivity index (χ2n) is 6.11. The average molecular weight is 420 g/mol. The number of primary amides is 1. The van der Waals surface area contributed by atoms with E-state index in [0.29, 0.717) is 15.6 Å². The van der Waals surface area contributed by atoms with Crippen LogP contribution in [0.15, 0.2) is 30.3 Å². The first-order valence-electron chi connectivity index (χ1n) is 8.44. The lowest BCUT2D eigenvalue weighted by Gasteiger charge is -2.11. The SMILES string of the molecule is NC(=O)c1c(NC(=S)NC(=O)/C=C/c2ccc(Cl)cc2)sc2c1CCCC2. The van der Waals surface area contributed by atoms with E-state index < -0.39 is 5.91 Å². The smallest absolute Gasteiger partial charge is 0.251 e. The molecule has 2 aromatic rings. The molecule has 0 unspecified atom stereocenters. The van der Waals surface area contributed by atoms with E-state index in [0.717, 1.165) is 41.7 Å². The van der Waals surface area contributed by atoms with Crippen LogP contribution in [0.25, 0.3) is 6.08 Å². The minimum atomic E-state index is -0.478. The molecule has 3 rings (SSSR count). The minimum Gasteiger partial charge on any atom is -0.365 e. The maximum Gasteiger partial charge on any atom is 0.251 e. The van der Waals surface area contributed by atoms with E-state index in [2.05, 4.69) is 10.6 Å². The summed E-state index contributed by atoms with van der Waals surface area (Å²) in [4.78, 5) is 25.1. The number of benzene rings is 1. The van der Waals surface area contributed by atoms with Gasteiger partial charge in [0.15, 0.2) is 5.11 Å². The standard InChI is InChI=1S/C19H18ClN3O2S2/c20-12-8-5-11(6-9-12)7-10-15(24)22-19(26)23-18-16(17(21)25)13-3-1-2-4-14(13)27-18/h5-10H,1-4H2,(H2,21,25)(H2,22,23,24,26)/b10-7+. The molecule has 0 saturated heterocycles. The van der Waals surface area contributed by atoms with Gasteiger partial charge in [-0.2, -0.15) is 0 Å². The molecule has 1 aliphatic carbocycles. The number of carbonyl (C=O) groups excluding carboxylic acids is 2. The monoisotopic (exact) mass is 419 g/mol. The number of thiophene rings is 1. The van der Waals surface area contributed by atoms with E-state index in [1.165, 1.54) is 17.4 Å². The highest BCUT2D eigenvalue weighted by molar-refractivity contribution is 7.80. The van der Waals surface area contributed by atoms with E-state index in [9.17, 15) is 9.59 Å². The third kappa shape index (κ3) is 4.94. The van der Waals surface area contributed by atoms with E-state index in [1.807, 2.05) is 0 Å². The molecule has 5 nitrogen and oxygen atoms in total. The van der Waals surface area contributed by atoms with Crippen molar-refractivity contribution >= 4 is 63.2 Å². The highest BCUT2D eigenvalue weighted by Crippen LogP contribution is 2.37. The number of anilines is 1. The molecule has 140 valence electrons.